The molecule has 6 nitrogen and oxygen atoms in total. The van der Waals surface area contributed by atoms with Gasteiger partial charge in [-0.3, -0.25) is 14.4 Å². The summed E-state index contributed by atoms with van der Waals surface area (Å²) in [6.07, 6.45) is 48.1. The van der Waals surface area contributed by atoms with E-state index in [0.29, 0.717) is 44.5 Å². The number of ketones is 1. The summed E-state index contributed by atoms with van der Waals surface area (Å²) in [6.45, 7) is 7.26. The number of carbonyl (C=O) groups excluding carboxylic acids is 3. The van der Waals surface area contributed by atoms with E-state index in [1.807, 2.05) is 25.1 Å². The second-order valence-corrected chi connectivity index (χ2v) is 18.3. The number of thiophene rings is 1. The first-order valence-electron chi connectivity index (χ1n) is 24.2. The molecule has 0 atom stereocenters. The molecule has 1 aromatic heterocycles. The Kier molecular flexibility index (Phi) is 31.4. The molecule has 0 radical (unpaired) electrons. The van der Waals surface area contributed by atoms with E-state index in [2.05, 4.69) is 48.4 Å². The molecule has 58 heavy (non-hydrogen) atoms. The summed E-state index contributed by atoms with van der Waals surface area (Å²) in [6, 6.07) is 0. The Bertz CT molecular complexity index is 1310. The predicted molar refractivity (Wildman–Crippen MR) is 252 cm³/mol. The van der Waals surface area contributed by atoms with Crippen LogP contribution in [0.5, 0.6) is 0 Å². The maximum Gasteiger partial charge on any atom is 0.253 e. The van der Waals surface area contributed by atoms with Crippen molar-refractivity contribution in [2.75, 3.05) is 33.7 Å². The van der Waals surface area contributed by atoms with Crippen molar-refractivity contribution in [2.24, 2.45) is 0 Å². The quantitative estimate of drug-likeness (QED) is 0.0412. The fraction of sp³-hybridized carbons (Fsp3) is 0.745. The van der Waals surface area contributed by atoms with Crippen LogP contribution >= 0.6 is 11.3 Å². The highest BCUT2D eigenvalue weighted by Crippen LogP contribution is 2.35. The summed E-state index contributed by atoms with van der Waals surface area (Å²) < 4.78 is 0. The number of hydrogen-bond donors (Lipinski definition) is 1. The third kappa shape index (κ3) is 25.2. The van der Waals surface area contributed by atoms with E-state index < -0.39 is 0 Å². The third-order valence-corrected chi connectivity index (χ3v) is 12.7. The lowest BCUT2D eigenvalue weighted by atomic mass is 9.99. The van der Waals surface area contributed by atoms with Crippen molar-refractivity contribution in [1.29, 1.82) is 0 Å². The number of unbranched alkanes of at least 4 members (excludes halogenated alkanes) is 22. The van der Waals surface area contributed by atoms with Crippen LogP contribution in [-0.2, 0) is 22.6 Å². The average molecular weight is 822 g/mol. The van der Waals surface area contributed by atoms with E-state index in [0.717, 1.165) is 60.4 Å². The lowest BCUT2D eigenvalue weighted by Crippen LogP contribution is -2.36. The maximum absolute atomic E-state index is 13.6. The van der Waals surface area contributed by atoms with Crippen LogP contribution < -0.4 is 5.32 Å². The third-order valence-electron chi connectivity index (χ3n) is 11.5. The molecule has 0 spiro atoms. The summed E-state index contributed by atoms with van der Waals surface area (Å²) in [5, 5.41) is 3.14. The van der Waals surface area contributed by atoms with Crippen LogP contribution in [0.3, 0.4) is 0 Å². The monoisotopic (exact) mass is 822 g/mol. The Morgan fingerprint density at radius 2 is 1.12 bits per heavy atom. The molecule has 1 N–H and O–H groups in total. The minimum Gasteiger partial charge on any atom is -0.352 e. The molecular weight excluding hydrogens is 735 g/mol. The molecule has 2 heterocycles. The van der Waals surface area contributed by atoms with Crippen molar-refractivity contribution in [3.05, 3.63) is 51.3 Å². The van der Waals surface area contributed by atoms with Crippen molar-refractivity contribution in [2.45, 2.75) is 213 Å². The number of fused-ring (bicyclic) bond motifs is 1. The van der Waals surface area contributed by atoms with E-state index >= 15 is 0 Å². The standard InChI is InChI=1S/C51H87N3O3S/c1-5-7-9-11-13-15-17-19-21-23-25-27-29-31-33-36-45(55)38-39-47-50(51(57)52-41-35-42-53(3)4)46-40-43-54(44-48(46)58-47)49(56)37-34-32-30-28-26-24-22-20-18-16-14-12-10-8-6-2/h19-22,38-39H,5-18,23-37,40-44H2,1-4H3,(H,52,57)/b21-19-,22-20-,39-38+. The zero-order chi connectivity index (χ0) is 41.9. The van der Waals surface area contributed by atoms with Crippen LogP contribution in [0.2, 0.25) is 0 Å². The van der Waals surface area contributed by atoms with Crippen LogP contribution in [0.25, 0.3) is 6.08 Å². The van der Waals surface area contributed by atoms with Gasteiger partial charge in [0.15, 0.2) is 5.78 Å². The van der Waals surface area contributed by atoms with Gasteiger partial charge in [-0.2, -0.15) is 0 Å². The molecule has 2 rings (SSSR count). The molecule has 7 heteroatoms. The molecule has 0 aromatic carbocycles. The number of amides is 2. The van der Waals surface area contributed by atoms with Crippen LogP contribution in [0, 0.1) is 0 Å². The van der Waals surface area contributed by atoms with E-state index in [1.54, 1.807) is 17.4 Å². The Balaban J connectivity index is 1.75. The van der Waals surface area contributed by atoms with E-state index in [4.69, 9.17) is 0 Å². The zero-order valence-corrected chi connectivity index (χ0v) is 38.8. The fourth-order valence-corrected chi connectivity index (χ4v) is 9.08. The number of rotatable bonds is 37. The Morgan fingerprint density at radius 1 is 0.638 bits per heavy atom. The van der Waals surface area contributed by atoms with Gasteiger partial charge < -0.3 is 15.1 Å². The van der Waals surface area contributed by atoms with Gasteiger partial charge >= 0.3 is 0 Å². The Labute approximate surface area is 361 Å². The van der Waals surface area contributed by atoms with Gasteiger partial charge in [0.05, 0.1) is 12.1 Å². The first-order chi connectivity index (χ1) is 28.4. The first-order valence-corrected chi connectivity index (χ1v) is 25.0. The summed E-state index contributed by atoms with van der Waals surface area (Å²) >= 11 is 1.58. The number of nitrogens with zero attached hydrogens (tertiary/aromatic N) is 2. The van der Waals surface area contributed by atoms with Gasteiger partial charge in [0.1, 0.15) is 0 Å². The van der Waals surface area contributed by atoms with Crippen molar-refractivity contribution < 1.29 is 14.4 Å². The lowest BCUT2D eigenvalue weighted by Gasteiger charge is -2.27. The molecule has 1 aliphatic heterocycles. The van der Waals surface area contributed by atoms with Crippen molar-refractivity contribution in [1.82, 2.24) is 15.1 Å². The minimum absolute atomic E-state index is 0.0614. The van der Waals surface area contributed by atoms with E-state index in [9.17, 15) is 14.4 Å². The van der Waals surface area contributed by atoms with Crippen LogP contribution in [0.15, 0.2) is 30.4 Å². The van der Waals surface area contributed by atoms with Gasteiger partial charge in [-0.25, -0.2) is 0 Å². The highest BCUT2D eigenvalue weighted by atomic mass is 32.1. The van der Waals surface area contributed by atoms with E-state index in [-0.39, 0.29) is 17.6 Å². The summed E-state index contributed by atoms with van der Waals surface area (Å²) in [5.74, 6) is 0.283. The van der Waals surface area contributed by atoms with Crippen LogP contribution in [0.1, 0.15) is 226 Å². The van der Waals surface area contributed by atoms with Crippen molar-refractivity contribution >= 4 is 35.0 Å². The molecule has 0 unspecified atom stereocenters. The maximum atomic E-state index is 13.6. The molecule has 2 amide bonds. The first kappa shape index (κ1) is 51.6. The topological polar surface area (TPSA) is 69.7 Å². The lowest BCUT2D eigenvalue weighted by molar-refractivity contribution is -0.132. The van der Waals surface area contributed by atoms with Gasteiger partial charge in [-0.05, 0) is 115 Å². The minimum atomic E-state index is -0.0614. The predicted octanol–water partition coefficient (Wildman–Crippen LogP) is 14.0. The van der Waals surface area contributed by atoms with Gasteiger partial charge in [0.2, 0.25) is 5.91 Å². The number of allylic oxidation sites excluding steroid dienone is 5. The summed E-state index contributed by atoms with van der Waals surface area (Å²) in [4.78, 5) is 45.8. The molecule has 0 bridgehead atoms. The van der Waals surface area contributed by atoms with Crippen molar-refractivity contribution in [3.63, 3.8) is 0 Å². The van der Waals surface area contributed by atoms with Gasteiger partial charge in [-0.15, -0.1) is 11.3 Å². The van der Waals surface area contributed by atoms with Gasteiger partial charge in [-0.1, -0.05) is 141 Å². The second-order valence-electron chi connectivity index (χ2n) is 17.2. The highest BCUT2D eigenvalue weighted by molar-refractivity contribution is 7.13. The summed E-state index contributed by atoms with van der Waals surface area (Å²) in [7, 11) is 4.08. The smallest absolute Gasteiger partial charge is 0.253 e. The number of nitrogens with one attached hydrogen (secondary N) is 1. The SMILES string of the molecule is CCCCCCCC/C=C\CCCCCCCC(=O)/C=C/c1sc2c(c1C(=O)NCCCN(C)C)CCN(C(=O)CCCCCCC/C=C\CCCCCCCC)C2. The largest absolute Gasteiger partial charge is 0.352 e. The normalized spacial score (nSPS) is 13.2. The highest BCUT2D eigenvalue weighted by Gasteiger charge is 2.29. The van der Waals surface area contributed by atoms with Crippen LogP contribution in [0.4, 0.5) is 0 Å². The second kappa shape index (κ2) is 35.3. The van der Waals surface area contributed by atoms with Gasteiger partial charge in [0, 0.05) is 35.7 Å². The molecule has 0 saturated carbocycles. The van der Waals surface area contributed by atoms with Gasteiger partial charge in [0.25, 0.3) is 5.91 Å². The molecule has 330 valence electrons. The van der Waals surface area contributed by atoms with Crippen LogP contribution in [-0.4, -0.2) is 61.1 Å². The molecular formula is C51H87N3O3S. The molecule has 1 aromatic rings. The fourth-order valence-electron chi connectivity index (χ4n) is 7.82. The zero-order valence-electron chi connectivity index (χ0n) is 38.0. The molecule has 0 fully saturated rings. The Hall–Kier alpha value is -2.51. The number of hydrogen-bond acceptors (Lipinski definition) is 5. The molecule has 1 aliphatic rings. The summed E-state index contributed by atoms with van der Waals surface area (Å²) in [5.41, 5.74) is 1.77. The molecule has 0 saturated heterocycles. The van der Waals surface area contributed by atoms with Crippen molar-refractivity contribution in [3.8, 4) is 0 Å². The average Bonchev–Trinajstić information content (AvgIpc) is 3.59. The molecule has 0 aliphatic carbocycles. The number of carbonyl (C=O) groups is 3. The Morgan fingerprint density at radius 3 is 1.64 bits per heavy atom. The van der Waals surface area contributed by atoms with E-state index in [1.165, 1.54) is 135 Å².